The first-order chi connectivity index (χ1) is 9.54. The summed E-state index contributed by atoms with van der Waals surface area (Å²) in [5.41, 5.74) is 6.98. The second-order valence-electron chi connectivity index (χ2n) is 5.08. The van der Waals surface area contributed by atoms with Crippen LogP contribution < -0.4 is 11.1 Å². The van der Waals surface area contributed by atoms with Crippen molar-refractivity contribution in [2.75, 3.05) is 0 Å². The molecular weight excluding hydrogens is 278 g/mol. The zero-order valence-corrected chi connectivity index (χ0v) is 12.0. The number of carbonyl (C=O) groups excluding carboxylic acids is 1. The van der Waals surface area contributed by atoms with Gasteiger partial charge in [0.05, 0.1) is 10.6 Å². The number of rotatable bonds is 3. The molecule has 108 valence electrons. The molecule has 5 nitrogen and oxygen atoms in total. The predicted molar refractivity (Wildman–Crippen MR) is 78.2 cm³/mol. The van der Waals surface area contributed by atoms with E-state index in [-0.39, 0.29) is 23.7 Å². The van der Waals surface area contributed by atoms with Gasteiger partial charge in [0.15, 0.2) is 0 Å². The molecule has 1 saturated carbocycles. The Morgan fingerprint density at radius 2 is 2.25 bits per heavy atom. The molecule has 2 rings (SSSR count). The lowest BCUT2D eigenvalue weighted by atomic mass is 10.0. The third-order valence-electron chi connectivity index (χ3n) is 3.76. The molecule has 2 atom stereocenters. The Labute approximate surface area is 122 Å². The monoisotopic (exact) mass is 295 g/mol. The maximum absolute atomic E-state index is 12.3. The minimum atomic E-state index is -0.221. The molecule has 1 aromatic carbocycles. The molecule has 2 unspecified atom stereocenters. The summed E-state index contributed by atoms with van der Waals surface area (Å²) < 4.78 is 0. The number of carbonyl (C=O) groups is 1. The minimum Gasteiger partial charge on any atom is -0.409 e. The molecule has 1 aliphatic carbocycles. The molecule has 0 saturated heterocycles. The third kappa shape index (κ3) is 2.88. The number of nitrogens with two attached hydrogens (primary N) is 1. The molecule has 1 fully saturated rings. The molecule has 1 aromatic rings. The van der Waals surface area contributed by atoms with Gasteiger partial charge in [-0.25, -0.2) is 0 Å². The Kier molecular flexibility index (Phi) is 4.49. The highest BCUT2D eigenvalue weighted by atomic mass is 35.5. The van der Waals surface area contributed by atoms with Crippen molar-refractivity contribution in [3.63, 3.8) is 0 Å². The molecule has 4 N–H and O–H groups in total. The Bertz CT molecular complexity index is 545. The quantitative estimate of drug-likeness (QED) is 0.346. The average Bonchev–Trinajstić information content (AvgIpc) is 2.89. The normalized spacial score (nSPS) is 22.8. The zero-order chi connectivity index (χ0) is 14.7. The summed E-state index contributed by atoms with van der Waals surface area (Å²) in [6.45, 7) is 1.86. The highest BCUT2D eigenvalue weighted by Crippen LogP contribution is 2.27. The van der Waals surface area contributed by atoms with E-state index in [9.17, 15) is 4.79 Å². The molecule has 0 aliphatic heterocycles. The van der Waals surface area contributed by atoms with Crippen molar-refractivity contribution in [2.24, 2.45) is 16.8 Å². The number of amidine groups is 1. The molecule has 0 bridgehead atoms. The largest absolute Gasteiger partial charge is 0.409 e. The molecular formula is C14H18ClN3O2. The van der Waals surface area contributed by atoms with Crippen LogP contribution in [-0.2, 0) is 0 Å². The molecule has 0 spiro atoms. The number of aryl methyl sites for hydroxylation is 1. The van der Waals surface area contributed by atoms with Gasteiger partial charge in [0.25, 0.3) is 5.91 Å². The maximum Gasteiger partial charge on any atom is 0.253 e. The van der Waals surface area contributed by atoms with Gasteiger partial charge in [0.2, 0.25) is 0 Å². The fourth-order valence-corrected chi connectivity index (χ4v) is 2.84. The van der Waals surface area contributed by atoms with Crippen LogP contribution in [0.3, 0.4) is 0 Å². The highest BCUT2D eigenvalue weighted by Gasteiger charge is 2.32. The number of oxime groups is 1. The van der Waals surface area contributed by atoms with Crippen LogP contribution in [0.5, 0.6) is 0 Å². The van der Waals surface area contributed by atoms with Gasteiger partial charge in [-0.1, -0.05) is 35.3 Å². The first-order valence-corrected chi connectivity index (χ1v) is 6.95. The van der Waals surface area contributed by atoms with Gasteiger partial charge in [-0.05, 0) is 31.4 Å². The number of nitrogens with one attached hydrogen (secondary N) is 1. The van der Waals surface area contributed by atoms with Gasteiger partial charge >= 0.3 is 0 Å². The van der Waals surface area contributed by atoms with Crippen LogP contribution in [0.4, 0.5) is 0 Å². The number of nitrogens with zero attached hydrogens (tertiary/aromatic N) is 1. The van der Waals surface area contributed by atoms with E-state index in [0.717, 1.165) is 24.8 Å². The van der Waals surface area contributed by atoms with Crippen LogP contribution in [0, 0.1) is 12.8 Å². The van der Waals surface area contributed by atoms with Crippen LogP contribution in [0.2, 0.25) is 5.02 Å². The summed E-state index contributed by atoms with van der Waals surface area (Å²) >= 11 is 6.15. The number of halogens is 1. The summed E-state index contributed by atoms with van der Waals surface area (Å²) in [5, 5.41) is 15.2. The van der Waals surface area contributed by atoms with Crippen LogP contribution in [0.15, 0.2) is 23.4 Å². The van der Waals surface area contributed by atoms with Gasteiger partial charge in [-0.15, -0.1) is 0 Å². The first kappa shape index (κ1) is 14.7. The Balaban J connectivity index is 2.13. The average molecular weight is 296 g/mol. The van der Waals surface area contributed by atoms with E-state index < -0.39 is 0 Å². The molecule has 6 heteroatoms. The Morgan fingerprint density at radius 1 is 1.50 bits per heavy atom. The SMILES string of the molecule is Cc1cccc(C(=O)NC2CCCC2/C(N)=N/O)c1Cl. The van der Waals surface area contributed by atoms with E-state index in [4.69, 9.17) is 22.5 Å². The van der Waals surface area contributed by atoms with Crippen LogP contribution in [0.25, 0.3) is 0 Å². The van der Waals surface area contributed by atoms with Gasteiger partial charge in [-0.3, -0.25) is 4.79 Å². The Hall–Kier alpha value is -1.75. The molecule has 0 radical (unpaired) electrons. The maximum atomic E-state index is 12.3. The van der Waals surface area contributed by atoms with Crippen LogP contribution in [0.1, 0.15) is 35.2 Å². The summed E-state index contributed by atoms with van der Waals surface area (Å²) in [4.78, 5) is 12.3. The number of hydrogen-bond acceptors (Lipinski definition) is 3. The zero-order valence-electron chi connectivity index (χ0n) is 11.3. The van der Waals surface area contributed by atoms with Crippen molar-refractivity contribution in [1.82, 2.24) is 5.32 Å². The molecule has 0 aromatic heterocycles. The number of hydrogen-bond donors (Lipinski definition) is 3. The van der Waals surface area contributed by atoms with Crippen molar-refractivity contribution < 1.29 is 10.0 Å². The summed E-state index contributed by atoms with van der Waals surface area (Å²) in [6, 6.07) is 5.23. The van der Waals surface area contributed by atoms with Crippen LogP contribution in [-0.4, -0.2) is 23.0 Å². The number of amides is 1. The fourth-order valence-electron chi connectivity index (χ4n) is 2.63. The summed E-state index contributed by atoms with van der Waals surface area (Å²) in [6.07, 6.45) is 2.56. The van der Waals surface area contributed by atoms with Gasteiger partial charge < -0.3 is 16.3 Å². The number of benzene rings is 1. The van der Waals surface area contributed by atoms with Crippen LogP contribution >= 0.6 is 11.6 Å². The lowest BCUT2D eigenvalue weighted by molar-refractivity contribution is 0.0933. The second-order valence-corrected chi connectivity index (χ2v) is 5.46. The van der Waals surface area contributed by atoms with E-state index >= 15 is 0 Å². The third-order valence-corrected chi connectivity index (χ3v) is 4.27. The van der Waals surface area contributed by atoms with Gasteiger partial charge in [0.1, 0.15) is 5.84 Å². The summed E-state index contributed by atoms with van der Waals surface area (Å²) in [5.74, 6) is -0.169. The predicted octanol–water partition coefficient (Wildman–Crippen LogP) is 2.29. The lowest BCUT2D eigenvalue weighted by Gasteiger charge is -2.20. The van der Waals surface area contributed by atoms with E-state index in [1.165, 1.54) is 0 Å². The van der Waals surface area contributed by atoms with Gasteiger partial charge in [0, 0.05) is 12.0 Å². The Morgan fingerprint density at radius 3 is 2.95 bits per heavy atom. The van der Waals surface area contributed by atoms with Crippen molar-refractivity contribution in [1.29, 1.82) is 0 Å². The standard InChI is InChI=1S/C14H18ClN3O2/c1-8-4-2-6-10(12(8)15)14(19)17-11-7-3-5-9(11)13(16)18-20/h2,4,6,9,11,20H,3,5,7H2,1H3,(H2,16,18)(H,17,19). The summed E-state index contributed by atoms with van der Waals surface area (Å²) in [7, 11) is 0. The van der Waals surface area contributed by atoms with Crippen molar-refractivity contribution >= 4 is 23.3 Å². The van der Waals surface area contributed by atoms with Crippen molar-refractivity contribution in [2.45, 2.75) is 32.2 Å². The first-order valence-electron chi connectivity index (χ1n) is 6.58. The molecule has 0 heterocycles. The second kappa shape index (κ2) is 6.13. The van der Waals surface area contributed by atoms with E-state index in [1.54, 1.807) is 12.1 Å². The van der Waals surface area contributed by atoms with Crippen molar-refractivity contribution in [3.8, 4) is 0 Å². The van der Waals surface area contributed by atoms with Gasteiger partial charge in [-0.2, -0.15) is 0 Å². The lowest BCUT2D eigenvalue weighted by Crippen LogP contribution is -2.42. The molecule has 1 aliphatic rings. The fraction of sp³-hybridized carbons (Fsp3) is 0.429. The van der Waals surface area contributed by atoms with E-state index in [1.807, 2.05) is 13.0 Å². The minimum absolute atomic E-state index is 0.116. The van der Waals surface area contributed by atoms with E-state index in [0.29, 0.717) is 10.6 Å². The topological polar surface area (TPSA) is 87.7 Å². The smallest absolute Gasteiger partial charge is 0.253 e. The van der Waals surface area contributed by atoms with E-state index in [2.05, 4.69) is 10.5 Å². The molecule has 20 heavy (non-hydrogen) atoms. The molecule has 1 amide bonds. The van der Waals surface area contributed by atoms with Crippen molar-refractivity contribution in [3.05, 3.63) is 34.3 Å². The highest BCUT2D eigenvalue weighted by molar-refractivity contribution is 6.34.